The van der Waals surface area contributed by atoms with Crippen molar-refractivity contribution in [2.45, 2.75) is 45.7 Å². The molecular weight excluding hydrogens is 661 g/mol. The lowest BCUT2D eigenvalue weighted by atomic mass is 10.0. The Bertz CT molecular complexity index is 1470. The summed E-state index contributed by atoms with van der Waals surface area (Å²) in [5, 5.41) is 3.58. The molecule has 0 aliphatic heterocycles. The Kier molecular flexibility index (Phi) is 12.7. The summed E-state index contributed by atoms with van der Waals surface area (Å²) in [6, 6.07) is 21.0. The van der Waals surface area contributed by atoms with Crippen molar-refractivity contribution in [1.29, 1.82) is 0 Å². The third-order valence-corrected chi connectivity index (χ3v) is 8.75. The predicted molar refractivity (Wildman–Crippen MR) is 174 cm³/mol. The molecule has 1 atom stereocenters. The van der Waals surface area contributed by atoms with Gasteiger partial charge in [0.05, 0.1) is 17.0 Å². The van der Waals surface area contributed by atoms with Crippen LogP contribution in [0, 0.1) is 5.92 Å². The van der Waals surface area contributed by atoms with Crippen molar-refractivity contribution in [3.8, 4) is 0 Å². The molecule has 0 spiro atoms. The number of anilines is 1. The molecule has 1 N–H and O–H groups in total. The van der Waals surface area contributed by atoms with E-state index in [-0.39, 0.29) is 54.4 Å². The number of rotatable bonds is 14. The van der Waals surface area contributed by atoms with E-state index in [9.17, 15) is 18.0 Å². The summed E-state index contributed by atoms with van der Waals surface area (Å²) in [5.41, 5.74) is 2.03. The summed E-state index contributed by atoms with van der Waals surface area (Å²) >= 11 is 15.9. The molecule has 42 heavy (non-hydrogen) atoms. The number of carbonyl (C=O) groups is 2. The SMILES string of the molecule is CC(C)CNC(=O)C(Cc1ccccc1)N(Cc1cccc(Br)c1)C(=O)CCCN(c1cc(Cl)ccc1Cl)S(C)(=O)=O. The van der Waals surface area contributed by atoms with Crippen molar-refractivity contribution in [3.63, 3.8) is 0 Å². The molecule has 0 aromatic heterocycles. The average Bonchev–Trinajstić information content (AvgIpc) is 2.93. The molecule has 0 aliphatic carbocycles. The lowest BCUT2D eigenvalue weighted by Crippen LogP contribution is -2.51. The van der Waals surface area contributed by atoms with Crippen LogP contribution in [0.25, 0.3) is 0 Å². The Morgan fingerprint density at radius 3 is 2.29 bits per heavy atom. The quantitative estimate of drug-likeness (QED) is 0.203. The van der Waals surface area contributed by atoms with E-state index in [2.05, 4.69) is 21.2 Å². The van der Waals surface area contributed by atoms with Gasteiger partial charge in [0, 0.05) is 42.0 Å². The number of nitrogens with one attached hydrogen (secondary N) is 1. The molecule has 0 saturated carbocycles. The second-order valence-corrected chi connectivity index (χ2v) is 14.2. The molecule has 2 amide bonds. The number of amides is 2. The van der Waals surface area contributed by atoms with Gasteiger partial charge < -0.3 is 10.2 Å². The third kappa shape index (κ3) is 10.3. The lowest BCUT2D eigenvalue weighted by Gasteiger charge is -2.32. The monoisotopic (exact) mass is 695 g/mol. The van der Waals surface area contributed by atoms with Crippen LogP contribution in [0.1, 0.15) is 37.8 Å². The molecule has 1 unspecified atom stereocenters. The summed E-state index contributed by atoms with van der Waals surface area (Å²) in [6.07, 6.45) is 1.63. The van der Waals surface area contributed by atoms with Crippen molar-refractivity contribution < 1.29 is 18.0 Å². The van der Waals surface area contributed by atoms with E-state index in [1.54, 1.807) is 11.0 Å². The predicted octanol–water partition coefficient (Wildman–Crippen LogP) is 6.71. The maximum absolute atomic E-state index is 13.9. The van der Waals surface area contributed by atoms with E-state index >= 15 is 0 Å². The molecular formula is C31H36BrCl2N3O4S. The topological polar surface area (TPSA) is 86.8 Å². The van der Waals surface area contributed by atoms with Crippen LogP contribution in [0.4, 0.5) is 5.69 Å². The first-order chi connectivity index (χ1) is 19.8. The fourth-order valence-electron chi connectivity index (χ4n) is 4.47. The number of halogens is 3. The van der Waals surface area contributed by atoms with Crippen molar-refractivity contribution in [2.24, 2.45) is 5.92 Å². The number of benzene rings is 3. The maximum Gasteiger partial charge on any atom is 0.243 e. The minimum absolute atomic E-state index is 0.0122. The average molecular weight is 698 g/mol. The number of nitrogens with zero attached hydrogens (tertiary/aromatic N) is 2. The van der Waals surface area contributed by atoms with E-state index in [1.807, 2.05) is 68.4 Å². The van der Waals surface area contributed by atoms with Gasteiger partial charge in [-0.25, -0.2) is 8.42 Å². The molecule has 11 heteroatoms. The molecule has 0 bridgehead atoms. The number of carbonyl (C=O) groups excluding carboxylic acids is 2. The highest BCUT2D eigenvalue weighted by molar-refractivity contribution is 9.10. The van der Waals surface area contributed by atoms with Crippen LogP contribution >= 0.6 is 39.1 Å². The van der Waals surface area contributed by atoms with Gasteiger partial charge in [-0.15, -0.1) is 0 Å². The van der Waals surface area contributed by atoms with Gasteiger partial charge in [0.25, 0.3) is 0 Å². The summed E-state index contributed by atoms with van der Waals surface area (Å²) in [4.78, 5) is 29.1. The fraction of sp³-hybridized carbons (Fsp3) is 0.355. The van der Waals surface area contributed by atoms with Gasteiger partial charge in [-0.05, 0) is 53.8 Å². The zero-order chi connectivity index (χ0) is 30.9. The van der Waals surface area contributed by atoms with Crippen LogP contribution in [0.15, 0.2) is 77.3 Å². The summed E-state index contributed by atoms with van der Waals surface area (Å²) in [7, 11) is -3.72. The Balaban J connectivity index is 1.90. The normalized spacial score (nSPS) is 12.2. The van der Waals surface area contributed by atoms with Crippen molar-refractivity contribution in [1.82, 2.24) is 10.2 Å². The third-order valence-electron chi connectivity index (χ3n) is 6.53. The first-order valence-corrected chi connectivity index (χ1v) is 17.0. The Morgan fingerprint density at radius 2 is 1.64 bits per heavy atom. The molecule has 0 radical (unpaired) electrons. The molecule has 0 heterocycles. The van der Waals surface area contributed by atoms with Crippen LogP contribution in [0.5, 0.6) is 0 Å². The Morgan fingerprint density at radius 1 is 0.952 bits per heavy atom. The van der Waals surface area contributed by atoms with Crippen LogP contribution in [0.3, 0.4) is 0 Å². The highest BCUT2D eigenvalue weighted by Gasteiger charge is 2.31. The Hall–Kier alpha value is -2.59. The van der Waals surface area contributed by atoms with Gasteiger partial charge in [0.1, 0.15) is 6.04 Å². The van der Waals surface area contributed by atoms with Gasteiger partial charge >= 0.3 is 0 Å². The van der Waals surface area contributed by atoms with Gasteiger partial charge in [-0.1, -0.05) is 95.4 Å². The Labute approximate surface area is 267 Å². The molecule has 0 saturated heterocycles. The van der Waals surface area contributed by atoms with Gasteiger partial charge in [-0.2, -0.15) is 0 Å². The highest BCUT2D eigenvalue weighted by atomic mass is 79.9. The van der Waals surface area contributed by atoms with E-state index in [0.717, 1.165) is 26.2 Å². The molecule has 3 aromatic carbocycles. The lowest BCUT2D eigenvalue weighted by molar-refractivity contribution is -0.141. The first-order valence-electron chi connectivity index (χ1n) is 13.6. The van der Waals surface area contributed by atoms with Crippen molar-refractivity contribution >= 4 is 66.7 Å². The summed E-state index contributed by atoms with van der Waals surface area (Å²) in [5.74, 6) is -0.263. The second-order valence-electron chi connectivity index (χ2n) is 10.5. The first kappa shape index (κ1) is 33.9. The van der Waals surface area contributed by atoms with Crippen molar-refractivity contribution in [3.05, 3.63) is 98.4 Å². The van der Waals surface area contributed by atoms with E-state index < -0.39 is 16.1 Å². The van der Waals surface area contributed by atoms with Crippen LogP contribution in [-0.2, 0) is 32.6 Å². The highest BCUT2D eigenvalue weighted by Crippen LogP contribution is 2.31. The summed E-state index contributed by atoms with van der Waals surface area (Å²) in [6.45, 7) is 4.72. The largest absolute Gasteiger partial charge is 0.354 e. The minimum Gasteiger partial charge on any atom is -0.354 e. The molecule has 3 aromatic rings. The maximum atomic E-state index is 13.9. The minimum atomic E-state index is -3.72. The molecule has 226 valence electrons. The fourth-order valence-corrected chi connectivity index (χ4v) is 6.32. The van der Waals surface area contributed by atoms with Crippen molar-refractivity contribution in [2.75, 3.05) is 23.7 Å². The van der Waals surface area contributed by atoms with E-state index in [4.69, 9.17) is 23.2 Å². The van der Waals surface area contributed by atoms with Crippen LogP contribution < -0.4 is 9.62 Å². The molecule has 0 fully saturated rings. The van der Waals surface area contributed by atoms with Gasteiger partial charge in [0.2, 0.25) is 21.8 Å². The summed E-state index contributed by atoms with van der Waals surface area (Å²) < 4.78 is 27.4. The van der Waals surface area contributed by atoms with Gasteiger partial charge in [-0.3, -0.25) is 13.9 Å². The van der Waals surface area contributed by atoms with Crippen LogP contribution in [0.2, 0.25) is 10.0 Å². The number of hydrogen-bond acceptors (Lipinski definition) is 4. The smallest absolute Gasteiger partial charge is 0.243 e. The van der Waals surface area contributed by atoms with E-state index in [0.29, 0.717) is 18.0 Å². The molecule has 3 rings (SSSR count). The zero-order valence-corrected chi connectivity index (χ0v) is 27.8. The van der Waals surface area contributed by atoms with Gasteiger partial charge in [0.15, 0.2) is 0 Å². The van der Waals surface area contributed by atoms with Crippen LogP contribution in [-0.4, -0.2) is 50.5 Å². The van der Waals surface area contributed by atoms with E-state index in [1.165, 1.54) is 12.1 Å². The molecule has 7 nitrogen and oxygen atoms in total. The standard InChI is InChI=1S/C31H36BrCl2N3O4S/c1-22(2)20-35-31(39)29(18-23-9-5-4-6-10-23)36(21-24-11-7-12-25(32)17-24)30(38)13-8-16-37(42(3,40)41)28-19-26(33)14-15-27(28)34/h4-7,9-12,14-15,17,19,22,29H,8,13,16,18,20-21H2,1-3H3,(H,35,39). The molecule has 0 aliphatic rings. The number of hydrogen-bond donors (Lipinski definition) is 1. The number of sulfonamides is 1. The second kappa shape index (κ2) is 15.8. The zero-order valence-electron chi connectivity index (χ0n) is 23.9.